The molecule has 0 saturated carbocycles. The Hall–Kier alpha value is -1.71. The molecule has 0 radical (unpaired) electrons. The van der Waals surface area contributed by atoms with Crippen molar-refractivity contribution in [3.05, 3.63) is 30.4 Å². The summed E-state index contributed by atoms with van der Waals surface area (Å²) >= 11 is 0. The van der Waals surface area contributed by atoms with Crippen molar-refractivity contribution in [1.29, 1.82) is 0 Å². The van der Waals surface area contributed by atoms with E-state index in [-0.39, 0.29) is 0 Å². The maximum Gasteiger partial charge on any atom is 0.258 e. The molecule has 0 saturated heterocycles. The summed E-state index contributed by atoms with van der Waals surface area (Å²) in [6, 6.07) is 3.99. The van der Waals surface area contributed by atoms with Crippen LogP contribution >= 0.6 is 0 Å². The van der Waals surface area contributed by atoms with E-state index in [2.05, 4.69) is 17.1 Å². The van der Waals surface area contributed by atoms with E-state index < -0.39 is 0 Å². The quantitative estimate of drug-likeness (QED) is 0.448. The van der Waals surface area contributed by atoms with E-state index >= 15 is 0 Å². The molecule has 0 aliphatic rings. The lowest BCUT2D eigenvalue weighted by Gasteiger charge is -2.00. The van der Waals surface area contributed by atoms with Crippen LogP contribution in [0.3, 0.4) is 0 Å². The highest BCUT2D eigenvalue weighted by atomic mass is 16.5. The molecule has 4 nitrogen and oxygen atoms in total. The van der Waals surface area contributed by atoms with Crippen LogP contribution in [0.1, 0.15) is 70.5 Å². The minimum Gasteiger partial charge on any atom is -0.334 e. The van der Waals surface area contributed by atoms with Crippen LogP contribution in [-0.2, 0) is 13.5 Å². The lowest BCUT2D eigenvalue weighted by atomic mass is 10.1. The van der Waals surface area contributed by atoms with E-state index in [1.54, 1.807) is 0 Å². The summed E-state index contributed by atoms with van der Waals surface area (Å²) in [4.78, 5) is 4.49. The number of aryl methyl sites for hydroxylation is 2. The summed E-state index contributed by atoms with van der Waals surface area (Å²) in [5.74, 6) is 1.45. The van der Waals surface area contributed by atoms with Crippen molar-refractivity contribution in [2.45, 2.75) is 71.1 Å². The molecule has 126 valence electrons. The Morgan fingerprint density at radius 3 is 2.17 bits per heavy atom. The number of nitrogens with zero attached hydrogens (tertiary/aromatic N) is 3. The molecule has 0 aliphatic carbocycles. The molecule has 0 bridgehead atoms. The Morgan fingerprint density at radius 2 is 1.52 bits per heavy atom. The number of hydrogen-bond donors (Lipinski definition) is 0. The Labute approximate surface area is 139 Å². The first kappa shape index (κ1) is 17.6. The standard InChI is InChI=1S/C19H30N3O/c1-3-4-5-6-7-8-9-10-11-12-18-20-19(23-21-18)17-13-15-22(2)16-14-17/h13-16H,3-12H2,1-2H3/q+1. The van der Waals surface area contributed by atoms with Crippen LogP contribution in [0.5, 0.6) is 0 Å². The van der Waals surface area contributed by atoms with Crippen LogP contribution in [0.25, 0.3) is 11.5 Å². The monoisotopic (exact) mass is 316 g/mol. The summed E-state index contributed by atoms with van der Waals surface area (Å²) in [6.45, 7) is 2.27. The highest BCUT2D eigenvalue weighted by molar-refractivity contribution is 5.50. The van der Waals surface area contributed by atoms with Crippen molar-refractivity contribution in [3.63, 3.8) is 0 Å². The third-order valence-electron chi connectivity index (χ3n) is 4.20. The van der Waals surface area contributed by atoms with Gasteiger partial charge in [-0.2, -0.15) is 4.98 Å². The Morgan fingerprint density at radius 1 is 0.913 bits per heavy atom. The van der Waals surface area contributed by atoms with Gasteiger partial charge in [0.05, 0.1) is 5.56 Å². The van der Waals surface area contributed by atoms with Gasteiger partial charge in [-0.1, -0.05) is 63.4 Å². The highest BCUT2D eigenvalue weighted by Gasteiger charge is 2.09. The fourth-order valence-electron chi connectivity index (χ4n) is 2.71. The van der Waals surface area contributed by atoms with Crippen molar-refractivity contribution >= 4 is 0 Å². The molecule has 2 aromatic rings. The second-order valence-electron chi connectivity index (χ2n) is 6.35. The SMILES string of the molecule is CCCCCCCCCCCc1noc(-c2cc[n+](C)cc2)n1. The van der Waals surface area contributed by atoms with Crippen LogP contribution in [0, 0.1) is 0 Å². The average molecular weight is 316 g/mol. The van der Waals surface area contributed by atoms with E-state index in [1.807, 2.05) is 36.1 Å². The van der Waals surface area contributed by atoms with Crippen LogP contribution < -0.4 is 4.57 Å². The normalized spacial score (nSPS) is 11.0. The van der Waals surface area contributed by atoms with Crippen LogP contribution in [0.4, 0.5) is 0 Å². The number of hydrogen-bond acceptors (Lipinski definition) is 3. The van der Waals surface area contributed by atoms with Gasteiger partial charge in [-0.15, -0.1) is 0 Å². The molecule has 4 heteroatoms. The van der Waals surface area contributed by atoms with Gasteiger partial charge in [0.1, 0.15) is 7.05 Å². The zero-order valence-corrected chi connectivity index (χ0v) is 14.6. The molecule has 0 spiro atoms. The van der Waals surface area contributed by atoms with Crippen molar-refractivity contribution < 1.29 is 9.09 Å². The van der Waals surface area contributed by atoms with Gasteiger partial charge in [0, 0.05) is 18.6 Å². The maximum atomic E-state index is 5.35. The van der Waals surface area contributed by atoms with E-state index in [0.717, 1.165) is 24.2 Å². The summed E-state index contributed by atoms with van der Waals surface area (Å²) in [6.07, 6.45) is 16.9. The molecule has 0 amide bonds. The average Bonchev–Trinajstić information content (AvgIpc) is 3.03. The minimum atomic E-state index is 0.622. The molecule has 0 unspecified atom stereocenters. The molecule has 0 fully saturated rings. The van der Waals surface area contributed by atoms with Crippen LogP contribution in [0.15, 0.2) is 29.0 Å². The Kier molecular flexibility index (Phi) is 7.78. The second-order valence-corrected chi connectivity index (χ2v) is 6.35. The molecule has 2 aromatic heterocycles. The highest BCUT2D eigenvalue weighted by Crippen LogP contribution is 2.16. The molecular formula is C19H30N3O+. The Bertz CT molecular complexity index is 548. The molecule has 2 heterocycles. The van der Waals surface area contributed by atoms with Gasteiger partial charge in [-0.3, -0.25) is 0 Å². The zero-order valence-electron chi connectivity index (χ0n) is 14.6. The predicted molar refractivity (Wildman–Crippen MR) is 91.8 cm³/mol. The predicted octanol–water partition coefficient (Wildman–Crippen LogP) is 4.63. The van der Waals surface area contributed by atoms with Crippen LogP contribution in [0.2, 0.25) is 0 Å². The number of pyridine rings is 1. The van der Waals surface area contributed by atoms with Crippen LogP contribution in [-0.4, -0.2) is 10.1 Å². The number of aromatic nitrogens is 3. The van der Waals surface area contributed by atoms with E-state index in [1.165, 1.54) is 51.4 Å². The van der Waals surface area contributed by atoms with Gasteiger partial charge in [0.15, 0.2) is 18.2 Å². The number of unbranched alkanes of at least 4 members (excludes halogenated alkanes) is 8. The largest absolute Gasteiger partial charge is 0.334 e. The fourth-order valence-corrected chi connectivity index (χ4v) is 2.71. The summed E-state index contributed by atoms with van der Waals surface area (Å²) in [5, 5.41) is 4.09. The van der Waals surface area contributed by atoms with E-state index in [0.29, 0.717) is 5.89 Å². The first-order valence-electron chi connectivity index (χ1n) is 9.08. The first-order chi connectivity index (χ1) is 11.3. The lowest BCUT2D eigenvalue weighted by Crippen LogP contribution is -2.25. The molecule has 23 heavy (non-hydrogen) atoms. The molecule has 0 aliphatic heterocycles. The third kappa shape index (κ3) is 6.51. The van der Waals surface area contributed by atoms with E-state index in [4.69, 9.17) is 4.52 Å². The fraction of sp³-hybridized carbons (Fsp3) is 0.632. The molecule has 0 aromatic carbocycles. The van der Waals surface area contributed by atoms with Crippen molar-refractivity contribution in [2.24, 2.45) is 7.05 Å². The molecule has 0 atom stereocenters. The lowest BCUT2D eigenvalue weighted by molar-refractivity contribution is -0.671. The second kappa shape index (κ2) is 10.1. The van der Waals surface area contributed by atoms with Gasteiger partial charge in [-0.05, 0) is 6.42 Å². The van der Waals surface area contributed by atoms with Crippen molar-refractivity contribution in [3.8, 4) is 11.5 Å². The first-order valence-corrected chi connectivity index (χ1v) is 9.08. The van der Waals surface area contributed by atoms with Gasteiger partial charge < -0.3 is 4.52 Å². The third-order valence-corrected chi connectivity index (χ3v) is 4.20. The van der Waals surface area contributed by atoms with Crippen molar-refractivity contribution in [1.82, 2.24) is 10.1 Å². The van der Waals surface area contributed by atoms with Gasteiger partial charge in [0.2, 0.25) is 0 Å². The molecular weight excluding hydrogens is 286 g/mol. The Balaban J connectivity index is 1.61. The van der Waals surface area contributed by atoms with Gasteiger partial charge in [0.25, 0.3) is 5.89 Å². The summed E-state index contributed by atoms with van der Waals surface area (Å²) < 4.78 is 7.34. The van der Waals surface area contributed by atoms with E-state index in [9.17, 15) is 0 Å². The summed E-state index contributed by atoms with van der Waals surface area (Å²) in [5.41, 5.74) is 0.980. The molecule has 2 rings (SSSR count). The zero-order chi connectivity index (χ0) is 16.3. The maximum absolute atomic E-state index is 5.35. The molecule has 0 N–H and O–H groups in total. The summed E-state index contributed by atoms with van der Waals surface area (Å²) in [7, 11) is 1.99. The topological polar surface area (TPSA) is 42.8 Å². The van der Waals surface area contributed by atoms with Gasteiger partial charge >= 0.3 is 0 Å². The van der Waals surface area contributed by atoms with Crippen molar-refractivity contribution in [2.75, 3.05) is 0 Å². The number of rotatable bonds is 11. The minimum absolute atomic E-state index is 0.622. The van der Waals surface area contributed by atoms with Gasteiger partial charge in [-0.25, -0.2) is 4.57 Å². The smallest absolute Gasteiger partial charge is 0.258 e.